The molecule has 134 valence electrons. The molecule has 0 atom stereocenters. The molecule has 0 radical (unpaired) electrons. The first kappa shape index (κ1) is 22.4. The van der Waals surface area contributed by atoms with E-state index < -0.39 is 0 Å². The first-order valence-electron chi connectivity index (χ1n) is 9.48. The monoisotopic (exact) mass is 327 g/mol. The predicted octanol–water partition coefficient (Wildman–Crippen LogP) is 7.58. The second-order valence-electron chi connectivity index (χ2n) is 6.50. The summed E-state index contributed by atoms with van der Waals surface area (Å²) in [5, 5.41) is 0. The van der Waals surface area contributed by atoms with Gasteiger partial charge in [0.2, 0.25) is 0 Å². The topological polar surface area (TPSA) is 12.9 Å². The van der Waals surface area contributed by atoms with Crippen LogP contribution in [0.4, 0.5) is 0 Å². The van der Waals surface area contributed by atoms with Gasteiger partial charge in [-0.25, -0.2) is 0 Å². The van der Waals surface area contributed by atoms with Crippen LogP contribution >= 0.6 is 0 Å². The third-order valence-electron chi connectivity index (χ3n) is 4.23. The molecule has 0 N–H and O–H groups in total. The van der Waals surface area contributed by atoms with Crippen LogP contribution in [0.2, 0.25) is 0 Å². The standard InChI is InChI=1S/C17H21N.C4H10.C2H6/c1-5-17(3,4)15-12-13(2)9-10-14(15)16-8-6-7-11-18-16;1-3-4-2;1-2/h6-12H,5H2,1-4H3;3-4H2,1-2H3;1-2H3. The average Bonchev–Trinajstić information content (AvgIpc) is 2.64. The molecular weight excluding hydrogens is 290 g/mol. The van der Waals surface area contributed by atoms with Crippen LogP contribution in [0, 0.1) is 6.92 Å². The highest BCUT2D eigenvalue weighted by Gasteiger charge is 2.22. The molecule has 0 amide bonds. The summed E-state index contributed by atoms with van der Waals surface area (Å²) < 4.78 is 0. The lowest BCUT2D eigenvalue weighted by Gasteiger charge is -2.26. The molecule has 0 saturated heterocycles. The summed E-state index contributed by atoms with van der Waals surface area (Å²) in [7, 11) is 0. The maximum atomic E-state index is 4.49. The Kier molecular flexibility index (Phi) is 11.0. The third kappa shape index (κ3) is 6.86. The van der Waals surface area contributed by atoms with Crippen LogP contribution in [0.15, 0.2) is 42.6 Å². The highest BCUT2D eigenvalue weighted by Crippen LogP contribution is 2.35. The molecule has 0 aliphatic carbocycles. The van der Waals surface area contributed by atoms with E-state index in [0.717, 1.165) is 12.1 Å². The Hall–Kier alpha value is -1.63. The highest BCUT2D eigenvalue weighted by atomic mass is 14.7. The van der Waals surface area contributed by atoms with Gasteiger partial charge in [-0.3, -0.25) is 4.98 Å². The summed E-state index contributed by atoms with van der Waals surface area (Å²) in [6, 6.07) is 12.8. The number of aromatic nitrogens is 1. The molecule has 0 spiro atoms. The van der Waals surface area contributed by atoms with Crippen molar-refractivity contribution in [1.82, 2.24) is 4.98 Å². The fourth-order valence-corrected chi connectivity index (χ4v) is 2.15. The summed E-state index contributed by atoms with van der Waals surface area (Å²) in [5.41, 5.74) is 5.20. The lowest BCUT2D eigenvalue weighted by atomic mass is 9.78. The SMILES string of the molecule is CC.CCC(C)(C)c1cc(C)ccc1-c1ccccn1.CCCC. The number of benzene rings is 1. The van der Waals surface area contributed by atoms with Crippen molar-refractivity contribution in [2.45, 2.75) is 80.1 Å². The lowest BCUT2D eigenvalue weighted by Crippen LogP contribution is -2.17. The molecular formula is C23H37N. The Morgan fingerprint density at radius 2 is 1.54 bits per heavy atom. The van der Waals surface area contributed by atoms with Gasteiger partial charge >= 0.3 is 0 Å². The molecule has 2 rings (SSSR count). The lowest BCUT2D eigenvalue weighted by molar-refractivity contribution is 0.507. The minimum atomic E-state index is 0.179. The van der Waals surface area contributed by atoms with Crippen LogP contribution in [0.5, 0.6) is 0 Å². The first-order valence-corrected chi connectivity index (χ1v) is 9.48. The molecule has 1 aromatic heterocycles. The van der Waals surface area contributed by atoms with Crippen LogP contribution < -0.4 is 0 Å². The summed E-state index contributed by atoms with van der Waals surface area (Å²) in [4.78, 5) is 4.49. The minimum absolute atomic E-state index is 0.179. The molecule has 0 fully saturated rings. The number of aryl methyl sites for hydroxylation is 1. The van der Waals surface area contributed by atoms with Gasteiger partial charge in [-0.1, -0.05) is 91.1 Å². The van der Waals surface area contributed by atoms with Crippen LogP contribution in [-0.2, 0) is 5.41 Å². The fraction of sp³-hybridized carbons (Fsp3) is 0.522. The van der Waals surface area contributed by atoms with E-state index in [1.807, 2.05) is 32.2 Å². The maximum absolute atomic E-state index is 4.49. The molecule has 24 heavy (non-hydrogen) atoms. The largest absolute Gasteiger partial charge is 0.256 e. The number of nitrogens with zero attached hydrogens (tertiary/aromatic N) is 1. The van der Waals surface area contributed by atoms with Gasteiger partial charge in [0, 0.05) is 11.8 Å². The number of hydrogen-bond acceptors (Lipinski definition) is 1. The molecule has 2 aromatic rings. The molecule has 1 heterocycles. The Balaban J connectivity index is 0.000000773. The van der Waals surface area contributed by atoms with Crippen molar-refractivity contribution in [2.75, 3.05) is 0 Å². The summed E-state index contributed by atoms with van der Waals surface area (Å²) in [5.74, 6) is 0. The van der Waals surface area contributed by atoms with E-state index in [9.17, 15) is 0 Å². The van der Waals surface area contributed by atoms with Gasteiger partial charge in [-0.2, -0.15) is 0 Å². The molecule has 1 heteroatoms. The van der Waals surface area contributed by atoms with Gasteiger partial charge < -0.3 is 0 Å². The van der Waals surface area contributed by atoms with Crippen LogP contribution in [-0.4, -0.2) is 4.98 Å². The predicted molar refractivity (Wildman–Crippen MR) is 110 cm³/mol. The molecule has 0 bridgehead atoms. The van der Waals surface area contributed by atoms with Crippen LogP contribution in [0.3, 0.4) is 0 Å². The van der Waals surface area contributed by atoms with E-state index in [0.29, 0.717) is 0 Å². The molecule has 1 aromatic carbocycles. The third-order valence-corrected chi connectivity index (χ3v) is 4.23. The Morgan fingerprint density at radius 1 is 0.917 bits per heavy atom. The summed E-state index contributed by atoms with van der Waals surface area (Å²) in [6.45, 7) is 17.4. The second-order valence-corrected chi connectivity index (χ2v) is 6.50. The van der Waals surface area contributed by atoms with E-state index in [-0.39, 0.29) is 5.41 Å². The van der Waals surface area contributed by atoms with E-state index in [2.05, 4.69) is 70.8 Å². The zero-order valence-electron chi connectivity index (χ0n) is 17.1. The van der Waals surface area contributed by atoms with Gasteiger partial charge in [0.1, 0.15) is 0 Å². The Bertz CT molecular complexity index is 554. The van der Waals surface area contributed by atoms with Crippen molar-refractivity contribution in [1.29, 1.82) is 0 Å². The van der Waals surface area contributed by atoms with Gasteiger partial charge in [0.25, 0.3) is 0 Å². The van der Waals surface area contributed by atoms with Crippen molar-refractivity contribution in [2.24, 2.45) is 0 Å². The summed E-state index contributed by atoms with van der Waals surface area (Å²) >= 11 is 0. The van der Waals surface area contributed by atoms with E-state index in [1.165, 1.54) is 29.5 Å². The zero-order valence-corrected chi connectivity index (χ0v) is 17.1. The highest BCUT2D eigenvalue weighted by molar-refractivity contribution is 5.65. The Morgan fingerprint density at radius 3 is 2.00 bits per heavy atom. The van der Waals surface area contributed by atoms with Gasteiger partial charge in [0.05, 0.1) is 5.69 Å². The Labute approximate surface area is 150 Å². The number of hydrogen-bond donors (Lipinski definition) is 0. The average molecular weight is 328 g/mol. The minimum Gasteiger partial charge on any atom is -0.256 e. The quantitative estimate of drug-likeness (QED) is 0.564. The fourth-order valence-electron chi connectivity index (χ4n) is 2.15. The zero-order chi connectivity index (χ0) is 18.6. The smallest absolute Gasteiger partial charge is 0.0704 e. The normalized spacial score (nSPS) is 10.2. The van der Waals surface area contributed by atoms with Crippen molar-refractivity contribution in [3.63, 3.8) is 0 Å². The summed E-state index contributed by atoms with van der Waals surface area (Å²) in [6.07, 6.45) is 5.62. The van der Waals surface area contributed by atoms with E-state index >= 15 is 0 Å². The molecule has 1 nitrogen and oxygen atoms in total. The van der Waals surface area contributed by atoms with Crippen molar-refractivity contribution in [3.8, 4) is 11.3 Å². The van der Waals surface area contributed by atoms with E-state index in [4.69, 9.17) is 0 Å². The molecule has 0 unspecified atom stereocenters. The first-order chi connectivity index (χ1) is 11.5. The van der Waals surface area contributed by atoms with Crippen molar-refractivity contribution >= 4 is 0 Å². The van der Waals surface area contributed by atoms with Gasteiger partial charge in [0.15, 0.2) is 0 Å². The number of pyridine rings is 1. The van der Waals surface area contributed by atoms with Gasteiger partial charge in [-0.05, 0) is 36.5 Å². The van der Waals surface area contributed by atoms with Crippen molar-refractivity contribution < 1.29 is 0 Å². The van der Waals surface area contributed by atoms with Gasteiger partial charge in [-0.15, -0.1) is 0 Å². The van der Waals surface area contributed by atoms with E-state index in [1.54, 1.807) is 0 Å². The molecule has 0 aliphatic heterocycles. The van der Waals surface area contributed by atoms with Crippen LogP contribution in [0.25, 0.3) is 11.3 Å². The second kappa shape index (κ2) is 11.8. The number of unbranched alkanes of at least 4 members (excludes halogenated alkanes) is 1. The van der Waals surface area contributed by atoms with Crippen molar-refractivity contribution in [3.05, 3.63) is 53.7 Å². The molecule has 0 aliphatic rings. The maximum Gasteiger partial charge on any atom is 0.0704 e. The van der Waals surface area contributed by atoms with Crippen LogP contribution in [0.1, 0.15) is 78.9 Å². The number of rotatable bonds is 4. The molecule has 0 saturated carbocycles.